The fraction of sp³-hybridized carbons (Fsp3) is 0.111. The van der Waals surface area contributed by atoms with Gasteiger partial charge in [-0.3, -0.25) is 0 Å². The minimum atomic E-state index is 1.10. The SMILES string of the molecule is C1=CN(c2ccc3cc4ccccc4cc3c2)CC1. The second-order valence-corrected chi connectivity index (χ2v) is 5.10. The molecule has 1 heteroatoms. The van der Waals surface area contributed by atoms with Gasteiger partial charge in [0.25, 0.3) is 0 Å². The molecule has 0 saturated carbocycles. The van der Waals surface area contributed by atoms with E-state index in [1.54, 1.807) is 0 Å². The first-order chi connectivity index (χ1) is 9.40. The van der Waals surface area contributed by atoms with E-state index in [1.807, 2.05) is 0 Å². The van der Waals surface area contributed by atoms with Crippen LogP contribution in [0.4, 0.5) is 5.69 Å². The van der Waals surface area contributed by atoms with E-state index in [4.69, 9.17) is 0 Å². The zero-order valence-corrected chi connectivity index (χ0v) is 10.7. The molecule has 0 bridgehead atoms. The second-order valence-electron chi connectivity index (χ2n) is 5.10. The van der Waals surface area contributed by atoms with Gasteiger partial charge in [-0.2, -0.15) is 0 Å². The Morgan fingerprint density at radius 3 is 2.21 bits per heavy atom. The Bertz CT molecular complexity index is 786. The molecule has 1 heterocycles. The molecule has 0 amide bonds. The molecule has 3 aromatic carbocycles. The average Bonchev–Trinajstić information content (AvgIpc) is 2.98. The number of fused-ring (bicyclic) bond motifs is 2. The Balaban J connectivity index is 1.92. The summed E-state index contributed by atoms with van der Waals surface area (Å²) in [6.07, 6.45) is 5.56. The van der Waals surface area contributed by atoms with Crippen molar-refractivity contribution in [2.24, 2.45) is 0 Å². The van der Waals surface area contributed by atoms with Crippen molar-refractivity contribution in [3.63, 3.8) is 0 Å². The standard InChI is InChI=1S/C18H15N/c1-2-6-15-12-17-13-18(19-9-3-4-10-19)8-7-16(17)11-14(15)5-1/h1-3,5-9,11-13H,4,10H2. The predicted octanol–water partition coefficient (Wildman–Crippen LogP) is 4.72. The van der Waals surface area contributed by atoms with Gasteiger partial charge in [0.05, 0.1) is 0 Å². The van der Waals surface area contributed by atoms with Gasteiger partial charge in [-0.15, -0.1) is 0 Å². The molecule has 0 aromatic heterocycles. The van der Waals surface area contributed by atoms with Crippen molar-refractivity contribution in [1.82, 2.24) is 0 Å². The maximum absolute atomic E-state index is 2.31. The average molecular weight is 245 g/mol. The molecule has 0 N–H and O–H groups in total. The summed E-state index contributed by atoms with van der Waals surface area (Å²) in [5.74, 6) is 0. The molecule has 0 fully saturated rings. The highest BCUT2D eigenvalue weighted by molar-refractivity contribution is 5.99. The van der Waals surface area contributed by atoms with Crippen molar-refractivity contribution in [2.45, 2.75) is 6.42 Å². The summed E-state index contributed by atoms with van der Waals surface area (Å²) in [6.45, 7) is 1.10. The summed E-state index contributed by atoms with van der Waals surface area (Å²) in [5, 5.41) is 5.25. The molecule has 1 aliphatic heterocycles. The maximum atomic E-state index is 2.31. The predicted molar refractivity (Wildman–Crippen MR) is 82.6 cm³/mol. The maximum Gasteiger partial charge on any atom is 0.0412 e. The van der Waals surface area contributed by atoms with Gasteiger partial charge in [0.1, 0.15) is 0 Å². The Hall–Kier alpha value is -2.28. The van der Waals surface area contributed by atoms with E-state index >= 15 is 0 Å². The Morgan fingerprint density at radius 2 is 1.47 bits per heavy atom. The summed E-state index contributed by atoms with van der Waals surface area (Å²) in [5.41, 5.74) is 1.29. The molecule has 92 valence electrons. The summed E-state index contributed by atoms with van der Waals surface area (Å²) in [4.78, 5) is 2.31. The lowest BCUT2D eigenvalue weighted by molar-refractivity contribution is 1.00. The summed E-state index contributed by atoms with van der Waals surface area (Å²) in [7, 11) is 0. The van der Waals surface area contributed by atoms with Crippen molar-refractivity contribution in [3.05, 3.63) is 66.9 Å². The summed E-state index contributed by atoms with van der Waals surface area (Å²) in [6, 6.07) is 19.8. The van der Waals surface area contributed by atoms with E-state index < -0.39 is 0 Å². The molecule has 0 aliphatic carbocycles. The molecule has 0 spiro atoms. The van der Waals surface area contributed by atoms with Crippen LogP contribution in [0.1, 0.15) is 6.42 Å². The van der Waals surface area contributed by atoms with E-state index in [0.29, 0.717) is 0 Å². The molecule has 0 radical (unpaired) electrons. The van der Waals surface area contributed by atoms with Gasteiger partial charge in [0, 0.05) is 18.4 Å². The lowest BCUT2D eigenvalue weighted by atomic mass is 10.0. The van der Waals surface area contributed by atoms with Crippen LogP contribution in [0.3, 0.4) is 0 Å². The van der Waals surface area contributed by atoms with Crippen LogP contribution in [0, 0.1) is 0 Å². The molecule has 0 unspecified atom stereocenters. The van der Waals surface area contributed by atoms with Gasteiger partial charge in [0.2, 0.25) is 0 Å². The fourth-order valence-corrected chi connectivity index (χ4v) is 2.81. The minimum Gasteiger partial charge on any atom is -0.348 e. The van der Waals surface area contributed by atoms with Crippen molar-refractivity contribution in [2.75, 3.05) is 11.4 Å². The van der Waals surface area contributed by atoms with Crippen LogP contribution in [-0.4, -0.2) is 6.54 Å². The third-order valence-electron chi connectivity index (χ3n) is 3.84. The lowest BCUT2D eigenvalue weighted by Gasteiger charge is -2.16. The first-order valence-electron chi connectivity index (χ1n) is 6.76. The number of anilines is 1. The van der Waals surface area contributed by atoms with E-state index in [1.165, 1.54) is 27.2 Å². The minimum absolute atomic E-state index is 1.10. The Morgan fingerprint density at radius 1 is 0.737 bits per heavy atom. The highest BCUT2D eigenvalue weighted by atomic mass is 15.1. The van der Waals surface area contributed by atoms with Crippen molar-refractivity contribution < 1.29 is 0 Å². The van der Waals surface area contributed by atoms with Crippen LogP contribution in [0.5, 0.6) is 0 Å². The molecule has 3 aromatic rings. The number of nitrogens with zero attached hydrogens (tertiary/aromatic N) is 1. The largest absolute Gasteiger partial charge is 0.348 e. The van der Waals surface area contributed by atoms with Gasteiger partial charge in [-0.05, 0) is 52.2 Å². The molecule has 4 rings (SSSR count). The number of hydrogen-bond donors (Lipinski definition) is 0. The van der Waals surface area contributed by atoms with E-state index in [-0.39, 0.29) is 0 Å². The van der Waals surface area contributed by atoms with Gasteiger partial charge < -0.3 is 4.90 Å². The zero-order chi connectivity index (χ0) is 12.7. The van der Waals surface area contributed by atoms with Gasteiger partial charge in [-0.1, -0.05) is 36.4 Å². The number of hydrogen-bond acceptors (Lipinski definition) is 1. The van der Waals surface area contributed by atoms with Gasteiger partial charge >= 0.3 is 0 Å². The van der Waals surface area contributed by atoms with Crippen molar-refractivity contribution >= 4 is 27.2 Å². The van der Waals surface area contributed by atoms with Gasteiger partial charge in [-0.25, -0.2) is 0 Å². The Kier molecular flexibility index (Phi) is 2.31. The van der Waals surface area contributed by atoms with Crippen LogP contribution in [-0.2, 0) is 0 Å². The van der Waals surface area contributed by atoms with E-state index in [0.717, 1.165) is 13.0 Å². The highest BCUT2D eigenvalue weighted by Gasteiger charge is 2.07. The molecule has 0 atom stereocenters. The summed E-state index contributed by atoms with van der Waals surface area (Å²) >= 11 is 0. The van der Waals surface area contributed by atoms with Crippen LogP contribution < -0.4 is 4.90 Å². The fourth-order valence-electron chi connectivity index (χ4n) is 2.81. The van der Waals surface area contributed by atoms with E-state index in [2.05, 4.69) is 71.8 Å². The molecule has 19 heavy (non-hydrogen) atoms. The highest BCUT2D eigenvalue weighted by Crippen LogP contribution is 2.28. The summed E-state index contributed by atoms with van der Waals surface area (Å²) < 4.78 is 0. The van der Waals surface area contributed by atoms with Gasteiger partial charge in [0.15, 0.2) is 0 Å². The first kappa shape index (κ1) is 10.6. The van der Waals surface area contributed by atoms with Crippen LogP contribution in [0.2, 0.25) is 0 Å². The number of benzene rings is 3. The second kappa shape index (κ2) is 4.13. The van der Waals surface area contributed by atoms with Crippen LogP contribution >= 0.6 is 0 Å². The third-order valence-corrected chi connectivity index (χ3v) is 3.84. The smallest absolute Gasteiger partial charge is 0.0412 e. The first-order valence-corrected chi connectivity index (χ1v) is 6.76. The van der Waals surface area contributed by atoms with E-state index in [9.17, 15) is 0 Å². The molecular formula is C18H15N. The third kappa shape index (κ3) is 1.78. The topological polar surface area (TPSA) is 3.24 Å². The monoisotopic (exact) mass is 245 g/mol. The van der Waals surface area contributed by atoms with Crippen molar-refractivity contribution in [3.8, 4) is 0 Å². The molecule has 1 aliphatic rings. The molecule has 0 saturated heterocycles. The lowest BCUT2D eigenvalue weighted by Crippen LogP contribution is -2.11. The van der Waals surface area contributed by atoms with Crippen molar-refractivity contribution in [1.29, 1.82) is 0 Å². The molecule has 1 nitrogen and oxygen atoms in total. The normalized spacial score (nSPS) is 14.6. The van der Waals surface area contributed by atoms with Crippen LogP contribution in [0.15, 0.2) is 66.9 Å². The van der Waals surface area contributed by atoms with Crippen LogP contribution in [0.25, 0.3) is 21.5 Å². The Labute approximate surface area is 112 Å². The zero-order valence-electron chi connectivity index (χ0n) is 10.7. The quantitative estimate of drug-likeness (QED) is 0.561. The molecular weight excluding hydrogens is 230 g/mol. The number of rotatable bonds is 1.